The Morgan fingerprint density at radius 2 is 1.85 bits per heavy atom. The number of hydrogen-bond donors (Lipinski definition) is 3. The minimum absolute atomic E-state index is 0.00477. The van der Waals surface area contributed by atoms with Crippen molar-refractivity contribution in [1.29, 1.82) is 0 Å². The fraction of sp³-hybridized carbons (Fsp3) is 0.450. The van der Waals surface area contributed by atoms with Gasteiger partial charge in [0.05, 0.1) is 31.6 Å². The molecule has 0 radical (unpaired) electrons. The van der Waals surface area contributed by atoms with Crippen molar-refractivity contribution in [1.82, 2.24) is 15.1 Å². The average molecular weight is 772 g/mol. The Kier molecular flexibility index (Phi) is 7.54. The molecule has 0 amide bonds. The van der Waals surface area contributed by atoms with Gasteiger partial charge < -0.3 is 43.1 Å². The van der Waals surface area contributed by atoms with Crippen molar-refractivity contribution >= 4 is 34.7 Å². The fourth-order valence-electron chi connectivity index (χ4n) is 10.3. The van der Waals surface area contributed by atoms with Crippen LogP contribution < -0.4 is 29.0 Å². The van der Waals surface area contributed by atoms with Gasteiger partial charge in [0.2, 0.25) is 11.7 Å². The molecule has 1 saturated heterocycles. The summed E-state index contributed by atoms with van der Waals surface area (Å²) >= 11 is 1.29. The highest BCUT2D eigenvalue weighted by Gasteiger charge is 2.66. The summed E-state index contributed by atoms with van der Waals surface area (Å²) in [7, 11) is 5.06. The van der Waals surface area contributed by atoms with Crippen LogP contribution in [0.1, 0.15) is 69.0 Å². The van der Waals surface area contributed by atoms with Gasteiger partial charge in [0.15, 0.2) is 28.8 Å². The van der Waals surface area contributed by atoms with Crippen LogP contribution in [0.15, 0.2) is 28.7 Å². The number of esters is 2. The molecular formula is C40H41N3O11S. The van der Waals surface area contributed by atoms with Crippen LogP contribution in [0.5, 0.6) is 34.5 Å². The van der Waals surface area contributed by atoms with Gasteiger partial charge in [0.1, 0.15) is 29.4 Å². The van der Waals surface area contributed by atoms with E-state index in [0.717, 1.165) is 22.1 Å². The molecule has 1 fully saturated rings. The standard InChI is InChI=1S/C40H41N3O11S/c1-17-11-20-13-39(47)15-42(4)29(26(20)31(45)32(17)49-6)30-36-28-27(35-34(51-16-52-35)18(2)33(28)53-19(3)44)24(43(30)39)14-50-38(46)40(55-36)37-22(9-10-41-40)23-12-21(48-5)7-8-25(23)54-37/h7-8,11-12,24,29-30,36,41,45,47H,9-10,13-16H2,1-6H3/t24-,29-,30+,36+,39?,40-/m0/s1. The van der Waals surface area contributed by atoms with E-state index in [9.17, 15) is 19.8 Å². The second kappa shape index (κ2) is 11.9. The molecule has 0 saturated carbocycles. The van der Waals surface area contributed by atoms with E-state index in [4.69, 9.17) is 32.8 Å². The second-order valence-electron chi connectivity index (χ2n) is 15.3. The number of fused-ring (bicyclic) bond motifs is 6. The van der Waals surface area contributed by atoms with Crippen LogP contribution in [0.3, 0.4) is 0 Å². The summed E-state index contributed by atoms with van der Waals surface area (Å²) in [6.45, 7) is 5.42. The van der Waals surface area contributed by atoms with Gasteiger partial charge in [0, 0.05) is 65.7 Å². The van der Waals surface area contributed by atoms with E-state index in [0.29, 0.717) is 75.3 Å². The molecule has 8 heterocycles. The highest BCUT2D eigenvalue weighted by molar-refractivity contribution is 8.01. The van der Waals surface area contributed by atoms with Crippen molar-refractivity contribution in [3.63, 3.8) is 0 Å². The maximum Gasteiger partial charge on any atom is 0.345 e. The third-order valence-corrected chi connectivity index (χ3v) is 13.9. The molecular weight excluding hydrogens is 731 g/mol. The van der Waals surface area contributed by atoms with Gasteiger partial charge in [-0.25, -0.2) is 4.79 Å². The molecule has 4 bridgehead atoms. The number of methoxy groups -OCH3 is 2. The Bertz CT molecular complexity index is 2360. The number of nitrogens with one attached hydrogen (secondary N) is 1. The predicted molar refractivity (Wildman–Crippen MR) is 198 cm³/mol. The van der Waals surface area contributed by atoms with Gasteiger partial charge in [-0.2, -0.15) is 0 Å². The number of piperazine rings is 1. The molecule has 3 aromatic carbocycles. The zero-order valence-corrected chi connectivity index (χ0v) is 32.0. The van der Waals surface area contributed by atoms with Crippen LogP contribution in [0, 0.1) is 13.8 Å². The van der Waals surface area contributed by atoms with Crippen LogP contribution in [0.25, 0.3) is 11.0 Å². The van der Waals surface area contributed by atoms with Crippen molar-refractivity contribution in [3.05, 3.63) is 69.0 Å². The highest BCUT2D eigenvalue weighted by atomic mass is 32.2. The first-order chi connectivity index (χ1) is 26.4. The monoisotopic (exact) mass is 771 g/mol. The predicted octanol–water partition coefficient (Wildman–Crippen LogP) is 4.41. The van der Waals surface area contributed by atoms with Gasteiger partial charge in [0.25, 0.3) is 0 Å². The van der Waals surface area contributed by atoms with E-state index in [2.05, 4.69) is 10.2 Å². The number of carbonyl (C=O) groups excluding carboxylic acids is 2. The molecule has 1 spiro atoms. The molecule has 3 N–H and O–H groups in total. The van der Waals surface area contributed by atoms with Gasteiger partial charge in [-0.3, -0.25) is 19.9 Å². The number of phenolic OH excluding ortho intramolecular Hbond substituents is 1. The summed E-state index contributed by atoms with van der Waals surface area (Å²) in [4.78, 5) is 30.5. The van der Waals surface area contributed by atoms with Gasteiger partial charge >= 0.3 is 11.9 Å². The third-order valence-electron chi connectivity index (χ3n) is 12.3. The SMILES string of the molecule is COc1ccc2oc3c(c2c1)CCN[C@]31S[C@@H]2c3c(OC(C)=O)c(C)c4c(c3[C@H](COC1=O)N1[C@@H]2[C@@H]2c3c(cc(C)c(OC)c3O)CC1(O)CN2C)OCO4. The number of aromatic hydroxyl groups is 1. The summed E-state index contributed by atoms with van der Waals surface area (Å²) in [5.41, 5.74) is 3.87. The van der Waals surface area contributed by atoms with Crippen molar-refractivity contribution < 1.29 is 52.6 Å². The molecule has 6 atom stereocenters. The Labute approximate surface area is 320 Å². The first-order valence-corrected chi connectivity index (χ1v) is 19.2. The maximum atomic E-state index is 15.0. The van der Waals surface area contributed by atoms with Gasteiger partial charge in [-0.05, 0) is 56.6 Å². The summed E-state index contributed by atoms with van der Waals surface area (Å²) < 4.78 is 42.8. The first kappa shape index (κ1) is 34.8. The molecule has 11 rings (SSSR count). The summed E-state index contributed by atoms with van der Waals surface area (Å²) in [6, 6.07) is 5.55. The van der Waals surface area contributed by atoms with Crippen molar-refractivity contribution in [2.45, 2.75) is 67.6 Å². The summed E-state index contributed by atoms with van der Waals surface area (Å²) in [6.07, 6.45) is 0.739. The lowest BCUT2D eigenvalue weighted by molar-refractivity contribution is -0.213. The highest BCUT2D eigenvalue weighted by Crippen LogP contribution is 2.67. The molecule has 0 aliphatic carbocycles. The molecule has 55 heavy (non-hydrogen) atoms. The maximum absolute atomic E-state index is 15.0. The number of likely N-dealkylation sites (N-methyl/N-ethyl adjacent to an activating group) is 1. The van der Waals surface area contributed by atoms with Crippen LogP contribution in [0.2, 0.25) is 0 Å². The molecule has 14 nitrogen and oxygen atoms in total. The second-order valence-corrected chi connectivity index (χ2v) is 16.6. The van der Waals surface area contributed by atoms with Gasteiger partial charge in [-0.15, -0.1) is 11.8 Å². The minimum atomic E-state index is -1.59. The fourth-order valence-corrected chi connectivity index (χ4v) is 12.1. The molecule has 1 aromatic heterocycles. The molecule has 4 aromatic rings. The Morgan fingerprint density at radius 1 is 1.05 bits per heavy atom. The number of cyclic esters (lactones) is 1. The zero-order chi connectivity index (χ0) is 38.3. The van der Waals surface area contributed by atoms with Crippen LogP contribution in [-0.2, 0) is 32.0 Å². The van der Waals surface area contributed by atoms with Crippen molar-refractivity contribution in [2.75, 3.05) is 47.8 Å². The number of nitrogens with zero attached hydrogens (tertiary/aromatic N) is 2. The van der Waals surface area contributed by atoms with Crippen LogP contribution in [0.4, 0.5) is 0 Å². The number of furan rings is 1. The number of ether oxygens (including phenoxy) is 6. The van der Waals surface area contributed by atoms with Crippen molar-refractivity contribution in [3.8, 4) is 34.5 Å². The van der Waals surface area contributed by atoms with E-state index in [1.165, 1.54) is 25.8 Å². The zero-order valence-electron chi connectivity index (χ0n) is 31.2. The quantitative estimate of drug-likeness (QED) is 0.198. The topological polar surface area (TPSA) is 162 Å². The smallest absolute Gasteiger partial charge is 0.345 e. The lowest BCUT2D eigenvalue weighted by Gasteiger charge is -2.60. The number of aliphatic hydroxyl groups is 1. The van der Waals surface area contributed by atoms with E-state index in [-0.39, 0.29) is 32.1 Å². The van der Waals surface area contributed by atoms with E-state index in [1.807, 2.05) is 50.1 Å². The molecule has 15 heteroatoms. The third kappa shape index (κ3) is 4.58. The first-order valence-electron chi connectivity index (χ1n) is 18.4. The van der Waals surface area contributed by atoms with Crippen LogP contribution in [-0.4, -0.2) is 91.5 Å². The lowest BCUT2D eigenvalue weighted by atomic mass is 9.78. The number of thioether (sulfide) groups is 1. The largest absolute Gasteiger partial charge is 0.504 e. The number of benzene rings is 3. The average Bonchev–Trinajstić information content (AvgIpc) is 3.76. The Hall–Kier alpha value is -4.67. The normalized spacial score (nSPS) is 29.0. The van der Waals surface area contributed by atoms with E-state index < -0.39 is 45.9 Å². The number of carbonyl (C=O) groups is 2. The molecule has 288 valence electrons. The van der Waals surface area contributed by atoms with Crippen LogP contribution >= 0.6 is 11.8 Å². The Balaban J connectivity index is 1.30. The van der Waals surface area contributed by atoms with Crippen molar-refractivity contribution in [2.24, 2.45) is 0 Å². The summed E-state index contributed by atoms with van der Waals surface area (Å²) in [5, 5.41) is 28.9. The molecule has 7 aliphatic rings. The lowest BCUT2D eigenvalue weighted by Crippen LogP contribution is -2.69. The van der Waals surface area contributed by atoms with Gasteiger partial charge in [-0.1, -0.05) is 6.07 Å². The Morgan fingerprint density at radius 3 is 2.62 bits per heavy atom. The number of rotatable bonds is 3. The van der Waals surface area contributed by atoms with E-state index >= 15 is 0 Å². The molecule has 1 unspecified atom stereocenters. The number of hydrogen-bond acceptors (Lipinski definition) is 15. The minimum Gasteiger partial charge on any atom is -0.504 e. The summed E-state index contributed by atoms with van der Waals surface area (Å²) in [5.74, 6) is 1.50. The number of phenols is 1. The van der Waals surface area contributed by atoms with E-state index in [1.54, 1.807) is 7.11 Å². The number of aryl methyl sites for hydroxylation is 1. The molecule has 7 aliphatic heterocycles.